The summed E-state index contributed by atoms with van der Waals surface area (Å²) < 4.78 is 21.8. The Kier molecular flexibility index (Phi) is 7.47. The maximum Gasteiger partial charge on any atom is 0.287 e. The number of phenols is 1. The van der Waals surface area contributed by atoms with Gasteiger partial charge in [-0.05, 0) is 18.2 Å². The van der Waals surface area contributed by atoms with Gasteiger partial charge in [0.15, 0.2) is 5.76 Å². The van der Waals surface area contributed by atoms with E-state index in [-0.39, 0.29) is 36.8 Å². The number of benzene rings is 2. The van der Waals surface area contributed by atoms with Crippen molar-refractivity contribution < 1.29 is 33.3 Å². The quantitative estimate of drug-likeness (QED) is 0.399. The number of amides is 2. The van der Waals surface area contributed by atoms with Gasteiger partial charge in [0.25, 0.3) is 11.8 Å². The monoisotopic (exact) mass is 428 g/mol. The maximum absolute atomic E-state index is 12.7. The molecule has 3 aromatic rings. The van der Waals surface area contributed by atoms with E-state index in [4.69, 9.17) is 24.4 Å². The van der Waals surface area contributed by atoms with Gasteiger partial charge in [0.05, 0.1) is 31.9 Å². The van der Waals surface area contributed by atoms with Gasteiger partial charge in [-0.3, -0.25) is 9.59 Å². The molecule has 0 spiro atoms. The minimum atomic E-state index is -0.732. The zero-order valence-electron chi connectivity index (χ0n) is 17.1. The van der Waals surface area contributed by atoms with Crippen molar-refractivity contribution in [1.82, 2.24) is 5.32 Å². The molecule has 31 heavy (non-hydrogen) atoms. The summed E-state index contributed by atoms with van der Waals surface area (Å²) in [4.78, 5) is 23.8. The molecule has 0 saturated carbocycles. The largest absolute Gasteiger partial charge is 0.507 e. The first kappa shape index (κ1) is 22.1. The second kappa shape index (κ2) is 10.5. The lowest BCUT2D eigenvalue weighted by Crippen LogP contribution is -2.28. The predicted octanol–water partition coefficient (Wildman–Crippen LogP) is 2.21. The fourth-order valence-corrected chi connectivity index (χ4v) is 2.97. The summed E-state index contributed by atoms with van der Waals surface area (Å²) in [5.41, 5.74) is 6.42. The van der Waals surface area contributed by atoms with Gasteiger partial charge in [0, 0.05) is 24.1 Å². The number of aromatic hydroxyl groups is 1. The Balaban J connectivity index is 1.60. The second-order valence-corrected chi connectivity index (χ2v) is 6.60. The van der Waals surface area contributed by atoms with Gasteiger partial charge < -0.3 is 34.8 Å². The van der Waals surface area contributed by atoms with Gasteiger partial charge >= 0.3 is 0 Å². The lowest BCUT2D eigenvalue weighted by molar-refractivity contribution is 0.0609. The van der Waals surface area contributed by atoms with Crippen molar-refractivity contribution in [3.8, 4) is 11.5 Å². The Morgan fingerprint density at radius 2 is 1.94 bits per heavy atom. The molecule has 9 nitrogen and oxygen atoms in total. The van der Waals surface area contributed by atoms with Crippen LogP contribution in [0, 0.1) is 0 Å². The molecule has 1 aromatic heterocycles. The number of para-hydroxylation sites is 1. The number of furan rings is 1. The van der Waals surface area contributed by atoms with E-state index in [0.717, 1.165) is 5.39 Å². The van der Waals surface area contributed by atoms with Crippen LogP contribution in [0.25, 0.3) is 11.0 Å². The number of hydrogen-bond donors (Lipinski definition) is 3. The van der Waals surface area contributed by atoms with Gasteiger partial charge in [0.2, 0.25) is 0 Å². The van der Waals surface area contributed by atoms with E-state index in [0.29, 0.717) is 30.1 Å². The van der Waals surface area contributed by atoms with Crippen LogP contribution in [0.4, 0.5) is 0 Å². The smallest absolute Gasteiger partial charge is 0.287 e. The normalized spacial score (nSPS) is 10.9. The molecule has 4 N–H and O–H groups in total. The summed E-state index contributed by atoms with van der Waals surface area (Å²) in [6.07, 6.45) is 0. The summed E-state index contributed by atoms with van der Waals surface area (Å²) in [5.74, 6) is -0.870. The summed E-state index contributed by atoms with van der Waals surface area (Å²) in [5, 5.41) is 13.3. The van der Waals surface area contributed by atoms with Crippen LogP contribution in [0.15, 0.2) is 46.9 Å². The first-order valence-corrected chi connectivity index (χ1v) is 9.62. The van der Waals surface area contributed by atoms with E-state index in [1.54, 1.807) is 13.2 Å². The predicted molar refractivity (Wildman–Crippen MR) is 112 cm³/mol. The highest BCUT2D eigenvalue weighted by Crippen LogP contribution is 2.27. The summed E-state index contributed by atoms with van der Waals surface area (Å²) in [6.45, 7) is 1.39. The van der Waals surface area contributed by atoms with Crippen molar-refractivity contribution in [1.29, 1.82) is 0 Å². The number of primary amides is 1. The third kappa shape index (κ3) is 5.53. The van der Waals surface area contributed by atoms with Crippen molar-refractivity contribution in [2.24, 2.45) is 5.73 Å². The molecule has 0 saturated heterocycles. The lowest BCUT2D eigenvalue weighted by Gasteiger charge is -2.09. The van der Waals surface area contributed by atoms with Crippen LogP contribution in [0.5, 0.6) is 11.5 Å². The van der Waals surface area contributed by atoms with E-state index in [2.05, 4.69) is 5.32 Å². The SMILES string of the molecule is COCCOCc1c(C(=O)NCCOc2ccc(C(N)=O)c(O)c2)oc2ccccc12. The molecule has 0 unspecified atom stereocenters. The Bertz CT molecular complexity index is 1060. The molecule has 0 atom stereocenters. The number of fused-ring (bicyclic) bond motifs is 1. The van der Waals surface area contributed by atoms with Crippen LogP contribution >= 0.6 is 0 Å². The zero-order chi connectivity index (χ0) is 22.2. The third-order valence-electron chi connectivity index (χ3n) is 4.47. The molecular weight excluding hydrogens is 404 g/mol. The highest BCUT2D eigenvalue weighted by Gasteiger charge is 2.20. The number of carbonyl (C=O) groups excluding carboxylic acids is 2. The standard InChI is InChI=1S/C22H24N2O7/c1-28-10-11-29-13-17-15-4-2-3-5-19(15)31-20(17)22(27)24-8-9-30-14-6-7-16(21(23)26)18(25)12-14/h2-7,12,25H,8-11,13H2,1H3,(H2,23,26)(H,24,27). The van der Waals surface area contributed by atoms with E-state index in [9.17, 15) is 14.7 Å². The molecule has 2 aromatic carbocycles. The Labute approximate surface area is 178 Å². The molecule has 9 heteroatoms. The number of methoxy groups -OCH3 is 1. The van der Waals surface area contributed by atoms with Crippen LogP contribution < -0.4 is 15.8 Å². The third-order valence-corrected chi connectivity index (χ3v) is 4.47. The molecule has 2 amide bonds. The Morgan fingerprint density at radius 1 is 1.13 bits per heavy atom. The molecule has 0 aliphatic heterocycles. The van der Waals surface area contributed by atoms with Gasteiger partial charge in [-0.2, -0.15) is 0 Å². The number of nitrogens with one attached hydrogen (secondary N) is 1. The first-order valence-electron chi connectivity index (χ1n) is 9.62. The molecule has 164 valence electrons. The van der Waals surface area contributed by atoms with E-state index in [1.807, 2.05) is 18.2 Å². The number of carbonyl (C=O) groups is 2. The summed E-state index contributed by atoms with van der Waals surface area (Å²) in [7, 11) is 1.59. The van der Waals surface area contributed by atoms with E-state index < -0.39 is 11.8 Å². The Hall–Kier alpha value is -3.56. The highest BCUT2D eigenvalue weighted by atomic mass is 16.5. The highest BCUT2D eigenvalue weighted by molar-refractivity contribution is 5.99. The fraction of sp³-hybridized carbons (Fsp3) is 0.273. The molecule has 0 fully saturated rings. The molecule has 3 rings (SSSR count). The number of rotatable bonds is 11. The maximum atomic E-state index is 12.7. The Morgan fingerprint density at radius 3 is 2.68 bits per heavy atom. The molecule has 0 aliphatic rings. The van der Waals surface area contributed by atoms with Gasteiger partial charge in [-0.1, -0.05) is 18.2 Å². The van der Waals surface area contributed by atoms with Crippen LogP contribution in [-0.4, -0.2) is 50.4 Å². The minimum Gasteiger partial charge on any atom is -0.507 e. The van der Waals surface area contributed by atoms with Crippen LogP contribution in [-0.2, 0) is 16.1 Å². The average molecular weight is 428 g/mol. The van der Waals surface area contributed by atoms with Crippen molar-refractivity contribution in [2.75, 3.05) is 33.5 Å². The summed E-state index contributed by atoms with van der Waals surface area (Å²) in [6, 6.07) is 11.5. The number of ether oxygens (including phenoxy) is 3. The molecule has 1 heterocycles. The van der Waals surface area contributed by atoms with Crippen LogP contribution in [0.1, 0.15) is 26.5 Å². The van der Waals surface area contributed by atoms with Gasteiger partial charge in [0.1, 0.15) is 23.7 Å². The topological polar surface area (TPSA) is 133 Å². The van der Waals surface area contributed by atoms with Crippen molar-refractivity contribution in [3.05, 3.63) is 59.4 Å². The molecule has 0 aliphatic carbocycles. The van der Waals surface area contributed by atoms with E-state index >= 15 is 0 Å². The summed E-state index contributed by atoms with van der Waals surface area (Å²) >= 11 is 0. The first-order chi connectivity index (χ1) is 15.0. The minimum absolute atomic E-state index is 0.00536. The van der Waals surface area contributed by atoms with Crippen molar-refractivity contribution >= 4 is 22.8 Å². The zero-order valence-corrected chi connectivity index (χ0v) is 17.1. The second-order valence-electron chi connectivity index (χ2n) is 6.60. The van der Waals surface area contributed by atoms with Gasteiger partial charge in [-0.25, -0.2) is 0 Å². The average Bonchev–Trinajstić information content (AvgIpc) is 3.13. The molecule has 0 bridgehead atoms. The van der Waals surface area contributed by atoms with E-state index in [1.165, 1.54) is 18.2 Å². The number of nitrogens with two attached hydrogens (primary N) is 1. The van der Waals surface area contributed by atoms with Crippen molar-refractivity contribution in [2.45, 2.75) is 6.61 Å². The molecular formula is C22H24N2O7. The van der Waals surface area contributed by atoms with Crippen LogP contribution in [0.3, 0.4) is 0 Å². The molecule has 0 radical (unpaired) electrons. The number of hydrogen-bond acceptors (Lipinski definition) is 7. The fourth-order valence-electron chi connectivity index (χ4n) is 2.97. The van der Waals surface area contributed by atoms with Gasteiger partial charge in [-0.15, -0.1) is 0 Å². The lowest BCUT2D eigenvalue weighted by atomic mass is 10.1. The van der Waals surface area contributed by atoms with Crippen molar-refractivity contribution in [3.63, 3.8) is 0 Å². The van der Waals surface area contributed by atoms with Crippen LogP contribution in [0.2, 0.25) is 0 Å².